The summed E-state index contributed by atoms with van der Waals surface area (Å²) in [5.74, 6) is 1.33. The second-order valence-electron chi connectivity index (χ2n) is 6.57. The van der Waals surface area contributed by atoms with Gasteiger partial charge in [0.15, 0.2) is 11.0 Å². The summed E-state index contributed by atoms with van der Waals surface area (Å²) in [5.41, 5.74) is 5.17. The molecule has 160 valence electrons. The molecular formula is C23H20N6O2S. The highest BCUT2D eigenvalue weighted by Gasteiger charge is 2.17. The number of aromatic nitrogens is 4. The van der Waals surface area contributed by atoms with Crippen LogP contribution in [0.1, 0.15) is 5.56 Å². The van der Waals surface area contributed by atoms with E-state index in [9.17, 15) is 4.79 Å². The molecule has 2 aromatic heterocycles. The largest absolute Gasteiger partial charge is 0.497 e. The van der Waals surface area contributed by atoms with Crippen LogP contribution < -0.4 is 10.2 Å². The lowest BCUT2D eigenvalue weighted by molar-refractivity contribution is -0.118. The minimum atomic E-state index is -0.245. The normalized spacial score (nSPS) is 10.9. The van der Waals surface area contributed by atoms with E-state index in [1.807, 2.05) is 59.2 Å². The summed E-state index contributed by atoms with van der Waals surface area (Å²) >= 11 is 1.28. The monoisotopic (exact) mass is 444 g/mol. The van der Waals surface area contributed by atoms with Gasteiger partial charge in [-0.15, -0.1) is 10.2 Å². The first-order valence-electron chi connectivity index (χ1n) is 9.74. The summed E-state index contributed by atoms with van der Waals surface area (Å²) in [6.45, 7) is 0. The number of nitrogens with zero attached hydrogens (tertiary/aromatic N) is 5. The number of benzene rings is 2. The van der Waals surface area contributed by atoms with Gasteiger partial charge in [0.05, 0.1) is 19.1 Å². The molecule has 0 aliphatic carbocycles. The van der Waals surface area contributed by atoms with E-state index in [2.05, 4.69) is 25.7 Å². The van der Waals surface area contributed by atoms with Gasteiger partial charge in [0.25, 0.3) is 5.91 Å². The van der Waals surface area contributed by atoms with Crippen LogP contribution in [0, 0.1) is 0 Å². The first kappa shape index (κ1) is 21.3. The predicted octanol–water partition coefficient (Wildman–Crippen LogP) is 3.58. The smallest absolute Gasteiger partial charge is 0.250 e. The number of hydrazone groups is 1. The number of amides is 1. The van der Waals surface area contributed by atoms with Crippen LogP contribution in [0.3, 0.4) is 0 Å². The standard InChI is InChI=1S/C23H20N6O2S/c1-31-20-9-7-19(8-10-20)29-22(18-5-3-2-4-6-18)27-28-23(29)32-16-21(30)26-25-15-17-11-13-24-14-12-17/h2-15H,16H2,1H3,(H,26,30). The van der Waals surface area contributed by atoms with Gasteiger partial charge < -0.3 is 4.74 Å². The predicted molar refractivity (Wildman–Crippen MR) is 124 cm³/mol. The maximum absolute atomic E-state index is 12.3. The van der Waals surface area contributed by atoms with Crippen LogP contribution in [0.15, 0.2) is 89.4 Å². The van der Waals surface area contributed by atoms with Crippen molar-refractivity contribution in [3.8, 4) is 22.8 Å². The van der Waals surface area contributed by atoms with Crippen LogP contribution in [0.5, 0.6) is 5.75 Å². The topological polar surface area (TPSA) is 94.3 Å². The number of pyridine rings is 1. The molecule has 0 radical (unpaired) electrons. The summed E-state index contributed by atoms with van der Waals surface area (Å²) in [6, 6.07) is 21.0. The van der Waals surface area contributed by atoms with Crippen LogP contribution in [0.25, 0.3) is 17.1 Å². The number of carbonyl (C=O) groups is 1. The average molecular weight is 445 g/mol. The Bertz CT molecular complexity index is 1190. The number of carbonyl (C=O) groups excluding carboxylic acids is 1. The van der Waals surface area contributed by atoms with Gasteiger partial charge in [-0.05, 0) is 42.0 Å². The Morgan fingerprint density at radius 1 is 1.06 bits per heavy atom. The van der Waals surface area contributed by atoms with E-state index in [0.717, 1.165) is 22.6 Å². The lowest BCUT2D eigenvalue weighted by Crippen LogP contribution is -2.20. The zero-order valence-corrected chi connectivity index (χ0v) is 18.1. The molecule has 32 heavy (non-hydrogen) atoms. The lowest BCUT2D eigenvalue weighted by atomic mass is 10.2. The van der Waals surface area contributed by atoms with Crippen molar-refractivity contribution in [1.82, 2.24) is 25.2 Å². The number of nitrogens with one attached hydrogen (secondary N) is 1. The summed E-state index contributed by atoms with van der Waals surface area (Å²) in [7, 11) is 1.63. The Hall–Kier alpha value is -3.98. The number of thioether (sulfide) groups is 1. The van der Waals surface area contributed by atoms with Gasteiger partial charge in [0.2, 0.25) is 0 Å². The SMILES string of the molecule is COc1ccc(-n2c(SCC(=O)NN=Cc3ccncc3)nnc2-c2ccccc2)cc1. The van der Waals surface area contributed by atoms with Gasteiger partial charge in [0.1, 0.15) is 5.75 Å². The molecule has 0 aliphatic rings. The molecule has 4 rings (SSSR count). The van der Waals surface area contributed by atoms with Crippen LogP contribution >= 0.6 is 11.8 Å². The van der Waals surface area contributed by atoms with E-state index in [-0.39, 0.29) is 11.7 Å². The number of rotatable bonds is 8. The van der Waals surface area contributed by atoms with Crippen LogP contribution in [-0.2, 0) is 4.79 Å². The fourth-order valence-corrected chi connectivity index (χ4v) is 3.64. The average Bonchev–Trinajstić information content (AvgIpc) is 3.28. The molecule has 2 aromatic carbocycles. The molecule has 0 fully saturated rings. The van der Waals surface area contributed by atoms with E-state index < -0.39 is 0 Å². The molecule has 0 spiro atoms. The molecule has 0 saturated carbocycles. The molecule has 0 bridgehead atoms. The number of ether oxygens (including phenoxy) is 1. The molecule has 1 amide bonds. The molecule has 8 nitrogen and oxygen atoms in total. The zero-order chi connectivity index (χ0) is 22.2. The second-order valence-corrected chi connectivity index (χ2v) is 7.51. The summed E-state index contributed by atoms with van der Waals surface area (Å²) in [6.07, 6.45) is 4.89. The first-order chi connectivity index (χ1) is 15.7. The number of hydrogen-bond acceptors (Lipinski definition) is 7. The minimum Gasteiger partial charge on any atom is -0.497 e. The quantitative estimate of drug-likeness (QED) is 0.254. The Labute approximate surface area is 189 Å². The Kier molecular flexibility index (Phi) is 6.88. The van der Waals surface area contributed by atoms with Crippen molar-refractivity contribution in [3.63, 3.8) is 0 Å². The van der Waals surface area contributed by atoms with Crippen LogP contribution in [0.4, 0.5) is 0 Å². The van der Waals surface area contributed by atoms with Crippen molar-refractivity contribution in [2.75, 3.05) is 12.9 Å². The van der Waals surface area contributed by atoms with Gasteiger partial charge in [-0.2, -0.15) is 5.10 Å². The van der Waals surface area contributed by atoms with Gasteiger partial charge >= 0.3 is 0 Å². The molecule has 0 saturated heterocycles. The fraction of sp³-hybridized carbons (Fsp3) is 0.0870. The molecule has 0 aliphatic heterocycles. The Morgan fingerprint density at radius 2 is 1.81 bits per heavy atom. The third-order valence-corrected chi connectivity index (χ3v) is 5.37. The van der Waals surface area contributed by atoms with Crippen molar-refractivity contribution in [1.29, 1.82) is 0 Å². The van der Waals surface area contributed by atoms with Crippen molar-refractivity contribution in [3.05, 3.63) is 84.7 Å². The highest BCUT2D eigenvalue weighted by atomic mass is 32.2. The van der Waals surface area contributed by atoms with Crippen molar-refractivity contribution >= 4 is 23.9 Å². The summed E-state index contributed by atoms with van der Waals surface area (Å²) < 4.78 is 7.19. The van der Waals surface area contributed by atoms with Crippen LogP contribution in [0.2, 0.25) is 0 Å². The highest BCUT2D eigenvalue weighted by molar-refractivity contribution is 7.99. The number of hydrogen-bond donors (Lipinski definition) is 1. The summed E-state index contributed by atoms with van der Waals surface area (Å²) in [5, 5.41) is 13.3. The van der Waals surface area contributed by atoms with E-state index in [0.29, 0.717) is 11.0 Å². The lowest BCUT2D eigenvalue weighted by Gasteiger charge is -2.11. The van der Waals surface area contributed by atoms with Gasteiger partial charge in [-0.3, -0.25) is 14.3 Å². The van der Waals surface area contributed by atoms with E-state index in [4.69, 9.17) is 4.74 Å². The van der Waals surface area contributed by atoms with E-state index in [1.165, 1.54) is 11.8 Å². The first-order valence-corrected chi connectivity index (χ1v) is 10.7. The molecule has 1 N–H and O–H groups in total. The maximum Gasteiger partial charge on any atom is 0.250 e. The second kappa shape index (κ2) is 10.4. The molecule has 4 aromatic rings. The molecule has 2 heterocycles. The molecule has 0 unspecified atom stereocenters. The van der Waals surface area contributed by atoms with Gasteiger partial charge in [-0.1, -0.05) is 42.1 Å². The minimum absolute atomic E-state index is 0.136. The zero-order valence-electron chi connectivity index (χ0n) is 17.3. The van der Waals surface area contributed by atoms with E-state index >= 15 is 0 Å². The fourth-order valence-electron chi connectivity index (χ4n) is 2.89. The van der Waals surface area contributed by atoms with E-state index in [1.54, 1.807) is 37.9 Å². The van der Waals surface area contributed by atoms with Crippen molar-refractivity contribution < 1.29 is 9.53 Å². The third-order valence-electron chi connectivity index (χ3n) is 4.44. The maximum atomic E-state index is 12.3. The van der Waals surface area contributed by atoms with Crippen molar-refractivity contribution in [2.45, 2.75) is 5.16 Å². The van der Waals surface area contributed by atoms with Gasteiger partial charge in [0, 0.05) is 23.6 Å². The van der Waals surface area contributed by atoms with Crippen LogP contribution in [-0.4, -0.2) is 44.7 Å². The third kappa shape index (κ3) is 5.19. The number of methoxy groups -OCH3 is 1. The Morgan fingerprint density at radius 3 is 2.53 bits per heavy atom. The molecule has 0 atom stereocenters. The van der Waals surface area contributed by atoms with Gasteiger partial charge in [-0.25, -0.2) is 5.43 Å². The van der Waals surface area contributed by atoms with Crippen molar-refractivity contribution in [2.24, 2.45) is 5.10 Å². The summed E-state index contributed by atoms with van der Waals surface area (Å²) in [4.78, 5) is 16.2. The molecule has 9 heteroatoms. The Balaban J connectivity index is 1.52. The highest BCUT2D eigenvalue weighted by Crippen LogP contribution is 2.28. The molecular weight excluding hydrogens is 424 g/mol.